The lowest BCUT2D eigenvalue weighted by Gasteiger charge is -2.11. The average molecular weight is 367 g/mol. The zero-order valence-electron chi connectivity index (χ0n) is 9.25. The molecule has 0 unspecified atom stereocenters. The van der Waals surface area contributed by atoms with E-state index in [0.717, 1.165) is 6.07 Å². The molecule has 0 radical (unpaired) electrons. The molecular weight excluding hydrogens is 359 g/mol. The quantitative estimate of drug-likeness (QED) is 0.607. The van der Waals surface area contributed by atoms with E-state index in [0.29, 0.717) is 3.57 Å². The van der Waals surface area contributed by atoms with Crippen LogP contribution in [0.3, 0.4) is 0 Å². The molecule has 0 heterocycles. The number of nitriles is 1. The number of hydrogen-bond acceptors (Lipinski definition) is 4. The van der Waals surface area contributed by atoms with Crippen LogP contribution < -0.4 is 4.74 Å². The molecule has 0 atom stereocenters. The molecule has 0 aliphatic heterocycles. The summed E-state index contributed by atoms with van der Waals surface area (Å²) >= 11 is 1.82. The van der Waals surface area contributed by atoms with Gasteiger partial charge < -0.3 is 9.47 Å². The third kappa shape index (κ3) is 3.53. The van der Waals surface area contributed by atoms with E-state index in [2.05, 4.69) is 4.74 Å². The SMILES string of the molecule is CCOC(=O)c1cc(I)c(C#N)cc1OC(F)F. The van der Waals surface area contributed by atoms with E-state index in [-0.39, 0.29) is 23.5 Å². The van der Waals surface area contributed by atoms with Gasteiger partial charge in [-0.15, -0.1) is 0 Å². The number of alkyl halides is 2. The maximum atomic E-state index is 12.2. The monoisotopic (exact) mass is 367 g/mol. The van der Waals surface area contributed by atoms with Crippen molar-refractivity contribution in [2.75, 3.05) is 6.61 Å². The smallest absolute Gasteiger partial charge is 0.387 e. The summed E-state index contributed by atoms with van der Waals surface area (Å²) in [5.74, 6) is -1.13. The van der Waals surface area contributed by atoms with Crippen molar-refractivity contribution < 1.29 is 23.0 Å². The highest BCUT2D eigenvalue weighted by molar-refractivity contribution is 14.1. The minimum atomic E-state index is -3.08. The van der Waals surface area contributed by atoms with Crippen LogP contribution in [0.1, 0.15) is 22.8 Å². The molecule has 0 aromatic heterocycles. The fourth-order valence-electron chi connectivity index (χ4n) is 1.20. The van der Waals surface area contributed by atoms with Crippen molar-refractivity contribution in [1.82, 2.24) is 0 Å². The number of carbonyl (C=O) groups excluding carboxylic acids is 1. The zero-order valence-corrected chi connectivity index (χ0v) is 11.4. The standard InChI is InChI=1S/C11H8F2INO3/c1-2-17-10(16)7-4-8(14)6(5-15)3-9(7)18-11(12)13/h3-4,11H,2H2,1H3. The maximum absolute atomic E-state index is 12.2. The number of ether oxygens (including phenoxy) is 2. The van der Waals surface area contributed by atoms with Crippen LogP contribution in [0.25, 0.3) is 0 Å². The van der Waals surface area contributed by atoms with E-state index in [4.69, 9.17) is 10.00 Å². The molecule has 96 valence electrons. The van der Waals surface area contributed by atoms with Crippen LogP contribution in [0, 0.1) is 14.9 Å². The summed E-state index contributed by atoms with van der Waals surface area (Å²) in [5.41, 5.74) is 0.0276. The Morgan fingerprint density at radius 2 is 2.22 bits per heavy atom. The summed E-state index contributed by atoms with van der Waals surface area (Å²) < 4.78 is 33.9. The van der Waals surface area contributed by atoms with Crippen molar-refractivity contribution in [3.63, 3.8) is 0 Å². The van der Waals surface area contributed by atoms with Crippen molar-refractivity contribution in [3.8, 4) is 11.8 Å². The summed E-state index contributed by atoms with van der Waals surface area (Å²) in [7, 11) is 0. The van der Waals surface area contributed by atoms with Crippen molar-refractivity contribution in [1.29, 1.82) is 5.26 Å². The Morgan fingerprint density at radius 1 is 1.56 bits per heavy atom. The number of rotatable bonds is 4. The minimum Gasteiger partial charge on any atom is -0.462 e. The summed E-state index contributed by atoms with van der Waals surface area (Å²) in [6, 6.07) is 4.21. The third-order valence-electron chi connectivity index (χ3n) is 1.90. The predicted octanol–water partition coefficient (Wildman–Crippen LogP) is 2.94. The third-order valence-corrected chi connectivity index (χ3v) is 2.79. The molecule has 0 saturated carbocycles. The average Bonchev–Trinajstić information content (AvgIpc) is 2.30. The van der Waals surface area contributed by atoms with Crippen molar-refractivity contribution in [3.05, 3.63) is 26.8 Å². The molecule has 0 aliphatic rings. The number of carbonyl (C=O) groups is 1. The lowest BCUT2D eigenvalue weighted by molar-refractivity contribution is -0.0504. The Labute approximate surface area is 116 Å². The van der Waals surface area contributed by atoms with Crippen molar-refractivity contribution >= 4 is 28.6 Å². The first kappa shape index (κ1) is 14.6. The number of nitrogens with zero attached hydrogens (tertiary/aromatic N) is 1. The van der Waals surface area contributed by atoms with Gasteiger partial charge in [0.25, 0.3) is 0 Å². The maximum Gasteiger partial charge on any atom is 0.387 e. The molecule has 1 aromatic carbocycles. The van der Waals surface area contributed by atoms with Crippen molar-refractivity contribution in [2.45, 2.75) is 13.5 Å². The van der Waals surface area contributed by atoms with Crippen LogP contribution in [-0.4, -0.2) is 19.2 Å². The molecule has 1 aromatic rings. The number of halogens is 3. The summed E-state index contributed by atoms with van der Waals surface area (Å²) in [6.07, 6.45) is 0. The second kappa shape index (κ2) is 6.49. The molecule has 0 amide bonds. The van der Waals surface area contributed by atoms with E-state index in [1.165, 1.54) is 6.07 Å². The number of benzene rings is 1. The first-order chi connectivity index (χ1) is 8.49. The Bertz CT molecular complexity index is 500. The van der Waals surface area contributed by atoms with Gasteiger partial charge in [0, 0.05) is 9.64 Å². The molecule has 0 saturated heterocycles. The number of esters is 1. The number of hydrogen-bond donors (Lipinski definition) is 0. The Kier molecular flexibility index (Phi) is 5.27. The molecule has 4 nitrogen and oxygen atoms in total. The highest BCUT2D eigenvalue weighted by atomic mass is 127. The van der Waals surface area contributed by atoms with Gasteiger partial charge in [-0.2, -0.15) is 14.0 Å². The second-order valence-corrected chi connectivity index (χ2v) is 4.20. The Morgan fingerprint density at radius 3 is 2.72 bits per heavy atom. The van der Waals surface area contributed by atoms with Gasteiger partial charge in [-0.3, -0.25) is 0 Å². The van der Waals surface area contributed by atoms with E-state index in [1.807, 2.05) is 28.7 Å². The molecule has 0 fully saturated rings. The molecule has 7 heteroatoms. The molecule has 0 N–H and O–H groups in total. The van der Waals surface area contributed by atoms with Crippen LogP contribution in [0.2, 0.25) is 0 Å². The summed E-state index contributed by atoms with van der Waals surface area (Å²) in [4.78, 5) is 11.6. The van der Waals surface area contributed by atoms with Gasteiger partial charge in [-0.05, 0) is 35.6 Å². The highest BCUT2D eigenvalue weighted by Gasteiger charge is 2.19. The lowest BCUT2D eigenvalue weighted by atomic mass is 10.1. The lowest BCUT2D eigenvalue weighted by Crippen LogP contribution is -2.11. The zero-order chi connectivity index (χ0) is 13.7. The first-order valence-corrected chi connectivity index (χ1v) is 5.93. The van der Waals surface area contributed by atoms with Gasteiger partial charge >= 0.3 is 12.6 Å². The molecule has 0 aliphatic carbocycles. The predicted molar refractivity (Wildman–Crippen MR) is 66.5 cm³/mol. The van der Waals surface area contributed by atoms with Crippen LogP contribution in [0.15, 0.2) is 12.1 Å². The molecular formula is C11H8F2INO3. The van der Waals surface area contributed by atoms with Crippen molar-refractivity contribution in [2.24, 2.45) is 0 Å². The van der Waals surface area contributed by atoms with Gasteiger partial charge in [-0.25, -0.2) is 4.79 Å². The topological polar surface area (TPSA) is 59.3 Å². The van der Waals surface area contributed by atoms with Gasteiger partial charge in [0.15, 0.2) is 0 Å². The van der Waals surface area contributed by atoms with Crippen LogP contribution in [0.4, 0.5) is 8.78 Å². The molecule has 1 rings (SSSR count). The Balaban J connectivity index is 3.25. The Hall–Kier alpha value is -1.43. The van der Waals surface area contributed by atoms with Gasteiger partial charge in [0.05, 0.1) is 12.2 Å². The normalized spacial score (nSPS) is 10.0. The van der Waals surface area contributed by atoms with Crippen LogP contribution in [-0.2, 0) is 4.74 Å². The van der Waals surface area contributed by atoms with Crippen LogP contribution >= 0.6 is 22.6 Å². The summed E-state index contributed by atoms with van der Waals surface area (Å²) in [6.45, 7) is -1.37. The second-order valence-electron chi connectivity index (χ2n) is 3.04. The van der Waals surface area contributed by atoms with Crippen LogP contribution in [0.5, 0.6) is 5.75 Å². The first-order valence-electron chi connectivity index (χ1n) is 4.85. The van der Waals surface area contributed by atoms with E-state index in [1.54, 1.807) is 6.92 Å². The fraction of sp³-hybridized carbons (Fsp3) is 0.273. The van der Waals surface area contributed by atoms with E-state index < -0.39 is 12.6 Å². The summed E-state index contributed by atoms with van der Waals surface area (Å²) in [5, 5.41) is 8.80. The van der Waals surface area contributed by atoms with Gasteiger partial charge in [0.1, 0.15) is 17.4 Å². The highest BCUT2D eigenvalue weighted by Crippen LogP contribution is 2.27. The largest absolute Gasteiger partial charge is 0.462 e. The van der Waals surface area contributed by atoms with E-state index in [9.17, 15) is 13.6 Å². The fourth-order valence-corrected chi connectivity index (χ4v) is 1.79. The molecule has 0 spiro atoms. The van der Waals surface area contributed by atoms with Gasteiger partial charge in [0.2, 0.25) is 0 Å². The van der Waals surface area contributed by atoms with E-state index >= 15 is 0 Å². The minimum absolute atomic E-state index is 0.115. The molecule has 18 heavy (non-hydrogen) atoms. The van der Waals surface area contributed by atoms with Gasteiger partial charge in [-0.1, -0.05) is 0 Å². The molecule has 0 bridgehead atoms.